The molecule has 0 saturated carbocycles. The Bertz CT molecular complexity index is 513. The normalized spacial score (nSPS) is 10.8. The number of aromatic nitrogens is 2. The van der Waals surface area contributed by atoms with Gasteiger partial charge in [-0.2, -0.15) is 4.98 Å². The Kier molecular flexibility index (Phi) is 4.18. The minimum absolute atomic E-state index is 0.603. The van der Waals surface area contributed by atoms with Gasteiger partial charge >= 0.3 is 0 Å². The summed E-state index contributed by atoms with van der Waals surface area (Å²) in [5.74, 6) is 1.85. The van der Waals surface area contributed by atoms with Crippen LogP contribution in [0.4, 0.5) is 0 Å². The zero-order chi connectivity index (χ0) is 12.3. The molecule has 1 heterocycles. The van der Waals surface area contributed by atoms with E-state index in [1.54, 1.807) is 0 Å². The summed E-state index contributed by atoms with van der Waals surface area (Å²) >= 11 is 9.12. The highest BCUT2D eigenvalue weighted by Gasteiger charge is 2.11. The summed E-state index contributed by atoms with van der Waals surface area (Å²) in [6.07, 6.45) is 1.57. The zero-order valence-electron chi connectivity index (χ0n) is 9.41. The van der Waals surface area contributed by atoms with Crippen LogP contribution in [0.1, 0.15) is 17.9 Å². The van der Waals surface area contributed by atoms with E-state index in [1.165, 1.54) is 5.56 Å². The predicted molar refractivity (Wildman–Crippen MR) is 71.2 cm³/mol. The van der Waals surface area contributed by atoms with Crippen molar-refractivity contribution in [3.63, 3.8) is 0 Å². The number of hydrogen-bond donors (Lipinski definition) is 0. The van der Waals surface area contributed by atoms with Crippen LogP contribution in [0.25, 0.3) is 11.4 Å². The van der Waals surface area contributed by atoms with Gasteiger partial charge in [0.2, 0.25) is 11.7 Å². The first-order chi connectivity index (χ1) is 8.20. The molecule has 2 rings (SSSR count). The van der Waals surface area contributed by atoms with Gasteiger partial charge in [-0.3, -0.25) is 0 Å². The van der Waals surface area contributed by atoms with Crippen LogP contribution in [0, 0.1) is 6.92 Å². The first-order valence-corrected chi connectivity index (χ1v) is 6.68. The van der Waals surface area contributed by atoms with E-state index < -0.39 is 0 Å². The molecule has 0 aliphatic rings. The van der Waals surface area contributed by atoms with Crippen LogP contribution >= 0.6 is 27.5 Å². The average Bonchev–Trinajstić information content (AvgIpc) is 2.75. The van der Waals surface area contributed by atoms with Gasteiger partial charge in [-0.05, 0) is 31.0 Å². The van der Waals surface area contributed by atoms with Crippen molar-refractivity contribution < 1.29 is 4.52 Å². The van der Waals surface area contributed by atoms with Crippen molar-refractivity contribution in [3.8, 4) is 11.4 Å². The second kappa shape index (κ2) is 5.65. The number of benzene rings is 1. The largest absolute Gasteiger partial charge is 0.339 e. The fourth-order valence-electron chi connectivity index (χ4n) is 1.49. The van der Waals surface area contributed by atoms with E-state index in [2.05, 4.69) is 26.1 Å². The number of aryl methyl sites for hydroxylation is 2. The number of rotatable bonds is 4. The fraction of sp³-hybridized carbons (Fsp3) is 0.333. The highest BCUT2D eigenvalue weighted by Crippen LogP contribution is 2.26. The summed E-state index contributed by atoms with van der Waals surface area (Å²) in [6, 6.07) is 6.04. The Morgan fingerprint density at radius 1 is 1.41 bits per heavy atom. The molecular formula is C12H12BrClN2O. The first-order valence-electron chi connectivity index (χ1n) is 5.36. The number of halogens is 2. The lowest BCUT2D eigenvalue weighted by molar-refractivity contribution is 0.378. The lowest BCUT2D eigenvalue weighted by atomic mass is 10.1. The Balaban J connectivity index is 2.24. The molecule has 0 atom stereocenters. The number of alkyl halides is 1. The maximum Gasteiger partial charge on any atom is 0.227 e. The molecule has 3 nitrogen and oxygen atoms in total. The van der Waals surface area contributed by atoms with Gasteiger partial charge in [0.05, 0.1) is 0 Å². The molecule has 0 aliphatic carbocycles. The van der Waals surface area contributed by atoms with Crippen molar-refractivity contribution in [2.24, 2.45) is 0 Å². The highest BCUT2D eigenvalue weighted by atomic mass is 79.9. The van der Waals surface area contributed by atoms with Gasteiger partial charge in [0.25, 0.3) is 0 Å². The van der Waals surface area contributed by atoms with E-state index >= 15 is 0 Å². The standard InChI is InChI=1S/C12H12BrClN2O/c1-8-4-5-9(10(13)7-8)12-15-11(17-16-12)3-2-6-14/h4-5,7H,2-3,6H2,1H3. The molecule has 1 aromatic carbocycles. The predicted octanol–water partition coefficient (Wildman–Crippen LogP) is 3.98. The van der Waals surface area contributed by atoms with Crippen LogP contribution in [0.2, 0.25) is 0 Å². The molecule has 0 amide bonds. The van der Waals surface area contributed by atoms with Crippen molar-refractivity contribution in [1.82, 2.24) is 10.1 Å². The molecule has 2 aromatic rings. The lowest BCUT2D eigenvalue weighted by Crippen LogP contribution is -1.87. The van der Waals surface area contributed by atoms with Gasteiger partial charge in [0.15, 0.2) is 0 Å². The van der Waals surface area contributed by atoms with Crippen molar-refractivity contribution in [2.75, 3.05) is 5.88 Å². The number of nitrogens with zero attached hydrogens (tertiary/aromatic N) is 2. The maximum atomic E-state index is 5.62. The maximum absolute atomic E-state index is 5.62. The molecule has 0 aliphatic heterocycles. The first kappa shape index (κ1) is 12.6. The van der Waals surface area contributed by atoms with Gasteiger partial charge in [0, 0.05) is 22.3 Å². The second-order valence-electron chi connectivity index (χ2n) is 3.79. The van der Waals surface area contributed by atoms with E-state index in [0.29, 0.717) is 17.6 Å². The van der Waals surface area contributed by atoms with Crippen molar-refractivity contribution in [2.45, 2.75) is 19.8 Å². The summed E-state index contributed by atoms with van der Waals surface area (Å²) in [7, 11) is 0. The SMILES string of the molecule is Cc1ccc(-c2noc(CCCCl)n2)c(Br)c1. The minimum Gasteiger partial charge on any atom is -0.339 e. The van der Waals surface area contributed by atoms with Crippen molar-refractivity contribution >= 4 is 27.5 Å². The van der Waals surface area contributed by atoms with Crippen molar-refractivity contribution in [3.05, 3.63) is 34.1 Å². The van der Waals surface area contributed by atoms with Crippen LogP contribution in [0.5, 0.6) is 0 Å². The summed E-state index contributed by atoms with van der Waals surface area (Å²) < 4.78 is 6.14. The summed E-state index contributed by atoms with van der Waals surface area (Å²) in [5.41, 5.74) is 2.13. The molecule has 0 unspecified atom stereocenters. The highest BCUT2D eigenvalue weighted by molar-refractivity contribution is 9.10. The van der Waals surface area contributed by atoms with Gasteiger partial charge in [-0.15, -0.1) is 11.6 Å². The van der Waals surface area contributed by atoms with Gasteiger partial charge in [0.1, 0.15) is 0 Å². The topological polar surface area (TPSA) is 38.9 Å². The molecule has 90 valence electrons. The molecular weight excluding hydrogens is 304 g/mol. The Labute approximate surface area is 113 Å². The minimum atomic E-state index is 0.603. The van der Waals surface area contributed by atoms with Crippen LogP contribution < -0.4 is 0 Å². The van der Waals surface area contributed by atoms with Crippen LogP contribution in [0.15, 0.2) is 27.2 Å². The van der Waals surface area contributed by atoms with E-state index in [9.17, 15) is 0 Å². The monoisotopic (exact) mass is 314 g/mol. The molecule has 0 spiro atoms. The zero-order valence-corrected chi connectivity index (χ0v) is 11.8. The van der Waals surface area contributed by atoms with E-state index in [-0.39, 0.29) is 0 Å². The van der Waals surface area contributed by atoms with Crippen LogP contribution in [-0.4, -0.2) is 16.0 Å². The smallest absolute Gasteiger partial charge is 0.227 e. The van der Waals surface area contributed by atoms with Crippen molar-refractivity contribution in [1.29, 1.82) is 0 Å². The van der Waals surface area contributed by atoms with E-state index in [0.717, 1.165) is 22.9 Å². The Morgan fingerprint density at radius 3 is 2.94 bits per heavy atom. The summed E-state index contributed by atoms with van der Waals surface area (Å²) in [4.78, 5) is 4.34. The van der Waals surface area contributed by atoms with Gasteiger partial charge < -0.3 is 4.52 Å². The van der Waals surface area contributed by atoms with Crippen LogP contribution in [-0.2, 0) is 6.42 Å². The lowest BCUT2D eigenvalue weighted by Gasteiger charge is -1.99. The third-order valence-electron chi connectivity index (χ3n) is 2.36. The molecule has 0 N–H and O–H groups in total. The fourth-order valence-corrected chi connectivity index (χ4v) is 2.29. The third kappa shape index (κ3) is 3.07. The van der Waals surface area contributed by atoms with E-state index in [1.807, 2.05) is 25.1 Å². The summed E-state index contributed by atoms with van der Waals surface area (Å²) in [5, 5.41) is 3.97. The second-order valence-corrected chi connectivity index (χ2v) is 5.02. The molecule has 5 heteroatoms. The average molecular weight is 316 g/mol. The Morgan fingerprint density at radius 2 is 2.24 bits per heavy atom. The third-order valence-corrected chi connectivity index (χ3v) is 3.28. The molecule has 17 heavy (non-hydrogen) atoms. The van der Waals surface area contributed by atoms with Gasteiger partial charge in [-0.25, -0.2) is 0 Å². The molecule has 0 saturated heterocycles. The summed E-state index contributed by atoms with van der Waals surface area (Å²) in [6.45, 7) is 2.04. The Hall–Kier alpha value is -0.870. The molecule has 0 radical (unpaired) electrons. The van der Waals surface area contributed by atoms with Gasteiger partial charge in [-0.1, -0.05) is 27.2 Å². The van der Waals surface area contributed by atoms with Crippen LogP contribution in [0.3, 0.4) is 0 Å². The molecule has 1 aromatic heterocycles. The van der Waals surface area contributed by atoms with E-state index in [4.69, 9.17) is 16.1 Å². The molecule has 0 fully saturated rings. The quantitative estimate of drug-likeness (QED) is 0.801. The number of hydrogen-bond acceptors (Lipinski definition) is 3. The molecule has 0 bridgehead atoms.